The molecule has 0 aromatic heterocycles. The second-order valence-electron chi connectivity index (χ2n) is 3.66. The second kappa shape index (κ2) is 5.83. The predicted molar refractivity (Wildman–Crippen MR) is 64.5 cm³/mol. The molecule has 1 aromatic rings. The van der Waals surface area contributed by atoms with Crippen LogP contribution >= 0.6 is 0 Å². The van der Waals surface area contributed by atoms with Crippen molar-refractivity contribution in [1.82, 2.24) is 0 Å². The third-order valence-electron chi connectivity index (χ3n) is 2.23. The Morgan fingerprint density at radius 3 is 2.88 bits per heavy atom. The van der Waals surface area contributed by atoms with E-state index in [4.69, 9.17) is 15.9 Å². The first-order chi connectivity index (χ1) is 8.02. The largest absolute Gasteiger partial charge is 0.487 e. The van der Waals surface area contributed by atoms with Gasteiger partial charge in [0.25, 0.3) is 0 Å². The Kier molecular flexibility index (Phi) is 4.45. The van der Waals surface area contributed by atoms with Crippen LogP contribution in [0, 0.1) is 22.4 Å². The summed E-state index contributed by atoms with van der Waals surface area (Å²) in [6.45, 7) is 1.98. The van der Waals surface area contributed by atoms with Crippen molar-refractivity contribution >= 4 is 11.5 Å². The zero-order valence-corrected chi connectivity index (χ0v) is 9.60. The number of hydrogen-bond donors (Lipinski definition) is 2. The molecule has 0 aliphatic carbocycles. The van der Waals surface area contributed by atoms with Gasteiger partial charge in [0, 0.05) is 12.0 Å². The quantitative estimate of drug-likeness (QED) is 0.259. The van der Waals surface area contributed by atoms with Gasteiger partial charge in [-0.2, -0.15) is 0 Å². The summed E-state index contributed by atoms with van der Waals surface area (Å²) >= 11 is 0. The molecule has 0 fully saturated rings. The minimum atomic E-state index is -0.449. The maximum absolute atomic E-state index is 10.9. The van der Waals surface area contributed by atoms with Gasteiger partial charge >= 0.3 is 5.69 Å². The average Bonchev–Trinajstić information content (AvgIpc) is 2.23. The van der Waals surface area contributed by atoms with Gasteiger partial charge in [0.15, 0.2) is 5.75 Å². The Morgan fingerprint density at radius 1 is 1.59 bits per heavy atom. The fraction of sp³-hybridized carbons (Fsp3) is 0.364. The van der Waals surface area contributed by atoms with Crippen LogP contribution in [0.1, 0.15) is 18.4 Å². The number of benzene rings is 1. The van der Waals surface area contributed by atoms with Gasteiger partial charge in [-0.25, -0.2) is 0 Å². The third kappa shape index (κ3) is 3.75. The molecule has 3 N–H and O–H groups in total. The molecule has 6 heteroatoms. The van der Waals surface area contributed by atoms with E-state index in [1.807, 2.05) is 0 Å². The minimum Gasteiger partial charge on any atom is -0.487 e. The van der Waals surface area contributed by atoms with E-state index in [9.17, 15) is 10.1 Å². The monoisotopic (exact) mass is 237 g/mol. The molecule has 0 aliphatic rings. The predicted octanol–water partition coefficient (Wildman–Crippen LogP) is 2.00. The van der Waals surface area contributed by atoms with E-state index in [-0.39, 0.29) is 17.3 Å². The van der Waals surface area contributed by atoms with Crippen molar-refractivity contribution in [3.05, 3.63) is 33.9 Å². The van der Waals surface area contributed by atoms with E-state index >= 15 is 0 Å². The molecule has 0 atom stereocenters. The number of rotatable bonds is 6. The van der Waals surface area contributed by atoms with Crippen LogP contribution in [-0.4, -0.2) is 17.4 Å². The highest BCUT2D eigenvalue weighted by molar-refractivity contribution is 5.76. The number of ether oxygens (including phenoxy) is 1. The molecule has 0 bridgehead atoms. The molecule has 1 rings (SSSR count). The Bertz CT molecular complexity index is 432. The molecule has 0 heterocycles. The first-order valence-corrected chi connectivity index (χ1v) is 5.22. The number of nitro groups is 1. The molecule has 0 saturated carbocycles. The van der Waals surface area contributed by atoms with Gasteiger partial charge in [-0.05, 0) is 19.4 Å². The summed E-state index contributed by atoms with van der Waals surface area (Å²) in [7, 11) is 0. The molecule has 6 nitrogen and oxygen atoms in total. The summed E-state index contributed by atoms with van der Waals surface area (Å²) in [5.41, 5.74) is 5.76. The molecule has 0 aliphatic heterocycles. The molecule has 17 heavy (non-hydrogen) atoms. The van der Waals surface area contributed by atoms with Gasteiger partial charge in [0.1, 0.15) is 0 Å². The Morgan fingerprint density at radius 2 is 2.29 bits per heavy atom. The zero-order valence-electron chi connectivity index (χ0n) is 9.60. The smallest absolute Gasteiger partial charge is 0.313 e. The maximum atomic E-state index is 10.9. The van der Waals surface area contributed by atoms with Crippen molar-refractivity contribution in [3.8, 4) is 5.75 Å². The summed E-state index contributed by atoms with van der Waals surface area (Å²) in [6, 6.07) is 4.95. The van der Waals surface area contributed by atoms with E-state index in [0.717, 1.165) is 0 Å². The van der Waals surface area contributed by atoms with Crippen molar-refractivity contribution in [2.45, 2.75) is 19.8 Å². The number of nitrogens with one attached hydrogen (secondary N) is 1. The maximum Gasteiger partial charge on any atom is 0.313 e. The van der Waals surface area contributed by atoms with E-state index in [2.05, 4.69) is 0 Å². The van der Waals surface area contributed by atoms with Crippen LogP contribution in [0.2, 0.25) is 0 Å². The summed E-state index contributed by atoms with van der Waals surface area (Å²) < 4.78 is 5.34. The van der Waals surface area contributed by atoms with Crippen molar-refractivity contribution in [2.24, 2.45) is 5.73 Å². The number of nitrogens with zero attached hydrogens (tertiary/aromatic N) is 1. The van der Waals surface area contributed by atoms with Gasteiger partial charge in [0.05, 0.1) is 17.4 Å². The topological polar surface area (TPSA) is 102 Å². The third-order valence-corrected chi connectivity index (χ3v) is 2.23. The molecule has 92 valence electrons. The highest BCUT2D eigenvalue weighted by Crippen LogP contribution is 2.30. The molecule has 1 aromatic carbocycles. The van der Waals surface area contributed by atoms with Gasteiger partial charge in [-0.3, -0.25) is 15.5 Å². The number of para-hydroxylation sites is 1. The highest BCUT2D eigenvalue weighted by Gasteiger charge is 2.17. The normalized spacial score (nSPS) is 9.94. The van der Waals surface area contributed by atoms with Crippen LogP contribution in [0.4, 0.5) is 5.69 Å². The van der Waals surface area contributed by atoms with Crippen molar-refractivity contribution < 1.29 is 9.66 Å². The summed E-state index contributed by atoms with van der Waals surface area (Å²) in [4.78, 5) is 10.4. The minimum absolute atomic E-state index is 0.00433. The lowest BCUT2D eigenvalue weighted by Crippen LogP contribution is -2.11. The van der Waals surface area contributed by atoms with Crippen LogP contribution in [0.25, 0.3) is 0 Å². The molecular formula is C11H15N3O3. The van der Waals surface area contributed by atoms with Gasteiger partial charge < -0.3 is 10.5 Å². The molecule has 0 spiro atoms. The zero-order chi connectivity index (χ0) is 12.8. The van der Waals surface area contributed by atoms with E-state index in [1.54, 1.807) is 25.1 Å². The lowest BCUT2D eigenvalue weighted by molar-refractivity contribution is -0.386. The van der Waals surface area contributed by atoms with Crippen molar-refractivity contribution in [3.63, 3.8) is 0 Å². The molecular weight excluding hydrogens is 222 g/mol. The first-order valence-electron chi connectivity index (χ1n) is 5.22. The van der Waals surface area contributed by atoms with E-state index < -0.39 is 4.92 Å². The summed E-state index contributed by atoms with van der Waals surface area (Å²) in [5, 5.41) is 17.9. The fourth-order valence-electron chi connectivity index (χ4n) is 1.43. The van der Waals surface area contributed by atoms with Crippen LogP contribution in [0.3, 0.4) is 0 Å². The van der Waals surface area contributed by atoms with Crippen LogP contribution in [-0.2, 0) is 0 Å². The van der Waals surface area contributed by atoms with E-state index in [0.29, 0.717) is 25.0 Å². The molecule has 0 amide bonds. The van der Waals surface area contributed by atoms with Gasteiger partial charge in [-0.15, -0.1) is 0 Å². The van der Waals surface area contributed by atoms with Crippen LogP contribution < -0.4 is 10.5 Å². The molecule has 0 saturated heterocycles. The molecule has 0 radical (unpaired) electrons. The fourth-order valence-corrected chi connectivity index (χ4v) is 1.43. The molecule has 0 unspecified atom stereocenters. The van der Waals surface area contributed by atoms with Crippen LogP contribution in [0.15, 0.2) is 18.2 Å². The van der Waals surface area contributed by atoms with Crippen molar-refractivity contribution in [2.75, 3.05) is 6.61 Å². The lowest BCUT2D eigenvalue weighted by Gasteiger charge is -2.07. The van der Waals surface area contributed by atoms with E-state index in [1.165, 1.54) is 0 Å². The number of hydrogen-bond acceptors (Lipinski definition) is 4. The highest BCUT2D eigenvalue weighted by atomic mass is 16.6. The van der Waals surface area contributed by atoms with Crippen LogP contribution in [0.5, 0.6) is 5.75 Å². The van der Waals surface area contributed by atoms with Gasteiger partial charge in [0.2, 0.25) is 0 Å². The Balaban J connectivity index is 2.67. The lowest BCUT2D eigenvalue weighted by atomic mass is 10.2. The number of nitro benzene ring substituents is 1. The Labute approximate surface area is 99.0 Å². The summed E-state index contributed by atoms with van der Waals surface area (Å²) in [5.74, 6) is 0.353. The number of aryl methyl sites for hydroxylation is 1. The second-order valence-corrected chi connectivity index (χ2v) is 3.66. The first kappa shape index (κ1) is 13.0. The van der Waals surface area contributed by atoms with Gasteiger partial charge in [-0.1, -0.05) is 12.1 Å². The number of nitrogens with two attached hydrogens (primary N) is 1. The number of amidine groups is 1. The summed E-state index contributed by atoms with van der Waals surface area (Å²) in [6.07, 6.45) is 1.00. The standard InChI is InChI=1S/C11H15N3O3/c1-8-4-2-5-9(11(8)14(15)16)17-7-3-6-10(12)13/h2,4-5H,3,6-7H2,1H3,(H3,12,13). The SMILES string of the molecule is Cc1cccc(OCCCC(=N)N)c1[N+](=O)[O-]. The van der Waals surface area contributed by atoms with Crippen molar-refractivity contribution in [1.29, 1.82) is 5.41 Å². The average molecular weight is 237 g/mol. The Hall–Kier alpha value is -2.11.